The molecule has 2 nitrogen and oxygen atoms in total. The van der Waals surface area contributed by atoms with Crippen molar-refractivity contribution in [1.82, 2.24) is 5.32 Å². The average molecular weight is 207 g/mol. The number of unbranched alkanes of at least 4 members (excludes halogenated alkanes) is 2. The highest BCUT2D eigenvalue weighted by Gasteiger charge is 1.91. The van der Waals surface area contributed by atoms with Crippen LogP contribution in [-0.2, 0) is 11.3 Å². The van der Waals surface area contributed by atoms with Crippen LogP contribution in [0.2, 0.25) is 0 Å². The van der Waals surface area contributed by atoms with Gasteiger partial charge in [0.05, 0.1) is 13.3 Å². The Balaban J connectivity index is 1.93. The third kappa shape index (κ3) is 6.26. The SMILES string of the molecule is CCCCCNCOCc1ccccc1. The molecule has 0 fully saturated rings. The molecule has 0 bridgehead atoms. The van der Waals surface area contributed by atoms with Crippen molar-refractivity contribution in [3.05, 3.63) is 35.9 Å². The second-order valence-corrected chi connectivity index (χ2v) is 3.69. The summed E-state index contributed by atoms with van der Waals surface area (Å²) in [5, 5.41) is 3.27. The van der Waals surface area contributed by atoms with E-state index >= 15 is 0 Å². The summed E-state index contributed by atoms with van der Waals surface area (Å²) in [5.41, 5.74) is 1.23. The molecule has 1 N–H and O–H groups in total. The normalized spacial score (nSPS) is 10.5. The molecule has 0 aliphatic carbocycles. The van der Waals surface area contributed by atoms with Gasteiger partial charge in [-0.2, -0.15) is 0 Å². The van der Waals surface area contributed by atoms with Gasteiger partial charge < -0.3 is 4.74 Å². The van der Waals surface area contributed by atoms with Crippen LogP contribution in [0.25, 0.3) is 0 Å². The summed E-state index contributed by atoms with van der Waals surface area (Å²) >= 11 is 0. The maximum absolute atomic E-state index is 5.49. The topological polar surface area (TPSA) is 21.3 Å². The minimum atomic E-state index is 0.651. The maximum Gasteiger partial charge on any atom is 0.0969 e. The molecule has 1 aromatic carbocycles. The monoisotopic (exact) mass is 207 g/mol. The first kappa shape index (κ1) is 12.2. The Bertz CT molecular complexity index is 236. The van der Waals surface area contributed by atoms with Crippen LogP contribution >= 0.6 is 0 Å². The van der Waals surface area contributed by atoms with Crippen LogP contribution in [0.15, 0.2) is 30.3 Å². The van der Waals surface area contributed by atoms with E-state index in [0.717, 1.165) is 6.54 Å². The van der Waals surface area contributed by atoms with Crippen molar-refractivity contribution in [1.29, 1.82) is 0 Å². The predicted octanol–water partition coefficient (Wildman–Crippen LogP) is 2.94. The van der Waals surface area contributed by atoms with Gasteiger partial charge in [0.1, 0.15) is 0 Å². The predicted molar refractivity (Wildman–Crippen MR) is 63.6 cm³/mol. The molecule has 0 aliphatic rings. The number of ether oxygens (including phenoxy) is 1. The van der Waals surface area contributed by atoms with Crippen LogP contribution < -0.4 is 5.32 Å². The Kier molecular flexibility index (Phi) is 6.88. The first-order chi connectivity index (χ1) is 7.43. The molecule has 1 aromatic rings. The van der Waals surface area contributed by atoms with Crippen LogP contribution in [0.4, 0.5) is 0 Å². The van der Waals surface area contributed by atoms with Crippen LogP contribution in [-0.4, -0.2) is 13.3 Å². The van der Waals surface area contributed by atoms with Crippen molar-refractivity contribution >= 4 is 0 Å². The molecule has 0 spiro atoms. The average Bonchev–Trinajstić information content (AvgIpc) is 2.29. The van der Waals surface area contributed by atoms with Crippen molar-refractivity contribution in [3.8, 4) is 0 Å². The number of nitrogens with one attached hydrogen (secondary N) is 1. The molecule has 0 heterocycles. The van der Waals surface area contributed by atoms with Gasteiger partial charge in [-0.1, -0.05) is 50.1 Å². The highest BCUT2D eigenvalue weighted by molar-refractivity contribution is 5.13. The first-order valence-electron chi connectivity index (χ1n) is 5.76. The summed E-state index contributed by atoms with van der Waals surface area (Å²) in [6.07, 6.45) is 3.81. The van der Waals surface area contributed by atoms with E-state index in [0.29, 0.717) is 13.3 Å². The van der Waals surface area contributed by atoms with Crippen LogP contribution in [0.3, 0.4) is 0 Å². The lowest BCUT2D eigenvalue weighted by atomic mass is 10.2. The highest BCUT2D eigenvalue weighted by Crippen LogP contribution is 1.99. The van der Waals surface area contributed by atoms with Crippen molar-refractivity contribution in [2.45, 2.75) is 32.8 Å². The van der Waals surface area contributed by atoms with E-state index in [1.807, 2.05) is 18.2 Å². The van der Waals surface area contributed by atoms with E-state index < -0.39 is 0 Å². The lowest BCUT2D eigenvalue weighted by Crippen LogP contribution is -2.18. The van der Waals surface area contributed by atoms with Gasteiger partial charge in [-0.05, 0) is 18.5 Å². The Morgan fingerprint density at radius 3 is 2.67 bits per heavy atom. The van der Waals surface area contributed by atoms with Crippen molar-refractivity contribution in [2.75, 3.05) is 13.3 Å². The fourth-order valence-electron chi connectivity index (χ4n) is 1.39. The molecule has 84 valence electrons. The molecule has 0 saturated carbocycles. The lowest BCUT2D eigenvalue weighted by Gasteiger charge is -2.05. The molecule has 15 heavy (non-hydrogen) atoms. The minimum absolute atomic E-state index is 0.651. The quantitative estimate of drug-likeness (QED) is 0.523. The first-order valence-corrected chi connectivity index (χ1v) is 5.76. The summed E-state index contributed by atoms with van der Waals surface area (Å²) in [6.45, 7) is 4.62. The maximum atomic E-state index is 5.49. The smallest absolute Gasteiger partial charge is 0.0969 e. The number of hydrogen-bond acceptors (Lipinski definition) is 2. The number of benzene rings is 1. The molecule has 2 heteroatoms. The third-order valence-electron chi connectivity index (χ3n) is 2.27. The number of hydrogen-bond donors (Lipinski definition) is 1. The highest BCUT2D eigenvalue weighted by atomic mass is 16.5. The summed E-state index contributed by atoms with van der Waals surface area (Å²) in [7, 11) is 0. The summed E-state index contributed by atoms with van der Waals surface area (Å²) in [5.74, 6) is 0. The van der Waals surface area contributed by atoms with E-state index in [-0.39, 0.29) is 0 Å². The molecule has 0 radical (unpaired) electrons. The zero-order valence-electron chi connectivity index (χ0n) is 9.54. The van der Waals surface area contributed by atoms with Gasteiger partial charge in [0.25, 0.3) is 0 Å². The van der Waals surface area contributed by atoms with Gasteiger partial charge in [-0.25, -0.2) is 0 Å². The fourth-order valence-corrected chi connectivity index (χ4v) is 1.39. The molecule has 0 saturated heterocycles. The second kappa shape index (κ2) is 8.45. The Morgan fingerprint density at radius 2 is 1.93 bits per heavy atom. The molecular weight excluding hydrogens is 186 g/mol. The van der Waals surface area contributed by atoms with Gasteiger partial charge in [-0.15, -0.1) is 0 Å². The van der Waals surface area contributed by atoms with Crippen molar-refractivity contribution in [3.63, 3.8) is 0 Å². The largest absolute Gasteiger partial charge is 0.362 e. The van der Waals surface area contributed by atoms with E-state index in [2.05, 4.69) is 24.4 Å². The van der Waals surface area contributed by atoms with Crippen molar-refractivity contribution < 1.29 is 4.74 Å². The minimum Gasteiger partial charge on any atom is -0.362 e. The molecule has 0 aliphatic heterocycles. The lowest BCUT2D eigenvalue weighted by molar-refractivity contribution is 0.103. The van der Waals surface area contributed by atoms with E-state index in [4.69, 9.17) is 4.74 Å². The molecular formula is C13H21NO. The zero-order chi connectivity index (χ0) is 10.8. The fraction of sp³-hybridized carbons (Fsp3) is 0.538. The van der Waals surface area contributed by atoms with Gasteiger partial charge in [-0.3, -0.25) is 5.32 Å². The van der Waals surface area contributed by atoms with E-state index in [1.54, 1.807) is 0 Å². The Hall–Kier alpha value is -0.860. The standard InChI is InChI=1S/C13H21NO/c1-2-3-7-10-14-12-15-11-13-8-5-4-6-9-13/h4-6,8-9,14H,2-3,7,10-12H2,1H3. The van der Waals surface area contributed by atoms with Crippen LogP contribution in [0.1, 0.15) is 31.7 Å². The Labute approximate surface area is 92.6 Å². The van der Waals surface area contributed by atoms with Crippen LogP contribution in [0.5, 0.6) is 0 Å². The summed E-state index contributed by atoms with van der Waals surface area (Å²) < 4.78 is 5.49. The Morgan fingerprint density at radius 1 is 1.13 bits per heavy atom. The number of rotatable bonds is 8. The summed E-state index contributed by atoms with van der Waals surface area (Å²) in [4.78, 5) is 0. The molecule has 0 amide bonds. The van der Waals surface area contributed by atoms with Gasteiger partial charge in [0.2, 0.25) is 0 Å². The van der Waals surface area contributed by atoms with Crippen LogP contribution in [0, 0.1) is 0 Å². The molecule has 0 atom stereocenters. The van der Waals surface area contributed by atoms with E-state index in [9.17, 15) is 0 Å². The third-order valence-corrected chi connectivity index (χ3v) is 2.27. The zero-order valence-corrected chi connectivity index (χ0v) is 9.54. The summed E-state index contributed by atoms with van der Waals surface area (Å²) in [6, 6.07) is 10.3. The second-order valence-electron chi connectivity index (χ2n) is 3.69. The molecule has 0 aromatic heterocycles. The van der Waals surface area contributed by atoms with E-state index in [1.165, 1.54) is 24.8 Å². The van der Waals surface area contributed by atoms with Gasteiger partial charge in [0, 0.05) is 0 Å². The van der Waals surface area contributed by atoms with Gasteiger partial charge in [0.15, 0.2) is 0 Å². The van der Waals surface area contributed by atoms with Crippen molar-refractivity contribution in [2.24, 2.45) is 0 Å². The molecule has 1 rings (SSSR count). The molecule has 0 unspecified atom stereocenters. The van der Waals surface area contributed by atoms with Gasteiger partial charge >= 0.3 is 0 Å².